The number of benzene rings is 1. The molecule has 1 atom stereocenters. The average Bonchev–Trinajstić information content (AvgIpc) is 2.51. The summed E-state index contributed by atoms with van der Waals surface area (Å²) in [7, 11) is 0. The minimum atomic E-state index is -4.46. The van der Waals surface area contributed by atoms with E-state index in [9.17, 15) is 22.8 Å². The van der Waals surface area contributed by atoms with Crippen molar-refractivity contribution in [3.8, 4) is 0 Å². The highest BCUT2D eigenvalue weighted by molar-refractivity contribution is 5.96. The van der Waals surface area contributed by atoms with Crippen molar-refractivity contribution in [3.05, 3.63) is 35.4 Å². The van der Waals surface area contributed by atoms with Gasteiger partial charge in [-0.1, -0.05) is 13.8 Å². The second-order valence-corrected chi connectivity index (χ2v) is 5.69. The molecule has 0 aliphatic rings. The fraction of sp³-hybridized carbons (Fsp3) is 0.500. The number of carbonyl (C=O) groups excluding carboxylic acids is 2. The molecule has 5 nitrogen and oxygen atoms in total. The van der Waals surface area contributed by atoms with Gasteiger partial charge in [0.2, 0.25) is 5.91 Å². The fourth-order valence-electron chi connectivity index (χ4n) is 2.04. The Morgan fingerprint density at radius 3 is 2.21 bits per heavy atom. The zero-order valence-corrected chi connectivity index (χ0v) is 13.5. The van der Waals surface area contributed by atoms with Crippen LogP contribution in [0, 0.1) is 5.92 Å². The van der Waals surface area contributed by atoms with Crippen LogP contribution < -0.4 is 10.6 Å². The number of carbonyl (C=O) groups is 2. The first-order valence-electron chi connectivity index (χ1n) is 7.50. The Kier molecular flexibility index (Phi) is 7.21. The first-order chi connectivity index (χ1) is 11.1. The van der Waals surface area contributed by atoms with Crippen LogP contribution in [0.2, 0.25) is 0 Å². The normalized spacial score (nSPS) is 12.8. The van der Waals surface area contributed by atoms with Gasteiger partial charge in [0, 0.05) is 18.2 Å². The van der Waals surface area contributed by atoms with Crippen LogP contribution in [0.1, 0.15) is 36.2 Å². The molecule has 24 heavy (non-hydrogen) atoms. The molecule has 2 amide bonds. The molecule has 8 heteroatoms. The highest BCUT2D eigenvalue weighted by atomic mass is 19.4. The third-order valence-corrected chi connectivity index (χ3v) is 3.48. The van der Waals surface area contributed by atoms with Crippen LogP contribution in [0.4, 0.5) is 13.2 Å². The lowest BCUT2D eigenvalue weighted by Gasteiger charge is -2.21. The van der Waals surface area contributed by atoms with Crippen molar-refractivity contribution in [1.29, 1.82) is 0 Å². The SMILES string of the molecule is CC(C)C(CCO)NC(=O)CNC(=O)c1ccc(C(F)(F)F)cc1. The summed E-state index contributed by atoms with van der Waals surface area (Å²) in [6.45, 7) is 3.42. The quantitative estimate of drug-likeness (QED) is 0.706. The molecule has 0 saturated carbocycles. The molecule has 1 rings (SSSR count). The van der Waals surface area contributed by atoms with E-state index in [4.69, 9.17) is 5.11 Å². The molecule has 0 spiro atoms. The Balaban J connectivity index is 2.55. The number of nitrogens with one attached hydrogen (secondary N) is 2. The van der Waals surface area contributed by atoms with Gasteiger partial charge in [-0.05, 0) is 36.6 Å². The number of hydrogen-bond acceptors (Lipinski definition) is 3. The summed E-state index contributed by atoms with van der Waals surface area (Å²) in [6, 6.07) is 3.51. The van der Waals surface area contributed by atoms with Gasteiger partial charge in [-0.15, -0.1) is 0 Å². The topological polar surface area (TPSA) is 78.4 Å². The van der Waals surface area contributed by atoms with E-state index in [0.717, 1.165) is 24.3 Å². The van der Waals surface area contributed by atoms with Gasteiger partial charge in [0.15, 0.2) is 0 Å². The molecule has 0 radical (unpaired) electrons. The predicted molar refractivity (Wildman–Crippen MR) is 82.2 cm³/mol. The zero-order valence-electron chi connectivity index (χ0n) is 13.5. The van der Waals surface area contributed by atoms with Gasteiger partial charge >= 0.3 is 6.18 Å². The average molecular weight is 346 g/mol. The molecule has 134 valence electrons. The van der Waals surface area contributed by atoms with Crippen molar-refractivity contribution in [1.82, 2.24) is 10.6 Å². The molecule has 0 aliphatic heterocycles. The third-order valence-electron chi connectivity index (χ3n) is 3.48. The molecule has 0 aliphatic carbocycles. The van der Waals surface area contributed by atoms with Gasteiger partial charge in [-0.3, -0.25) is 9.59 Å². The third kappa shape index (κ3) is 6.19. The molecular weight excluding hydrogens is 325 g/mol. The van der Waals surface area contributed by atoms with Crippen molar-refractivity contribution >= 4 is 11.8 Å². The van der Waals surface area contributed by atoms with E-state index in [-0.39, 0.29) is 30.7 Å². The van der Waals surface area contributed by atoms with Gasteiger partial charge in [-0.2, -0.15) is 13.2 Å². The first-order valence-corrected chi connectivity index (χ1v) is 7.50. The van der Waals surface area contributed by atoms with Crippen molar-refractivity contribution in [2.75, 3.05) is 13.2 Å². The number of aliphatic hydroxyl groups excluding tert-OH is 1. The van der Waals surface area contributed by atoms with E-state index in [1.54, 1.807) is 0 Å². The minimum Gasteiger partial charge on any atom is -0.396 e. The molecule has 1 aromatic carbocycles. The van der Waals surface area contributed by atoms with E-state index in [1.165, 1.54) is 0 Å². The lowest BCUT2D eigenvalue weighted by molar-refractivity contribution is -0.137. The molecule has 0 fully saturated rings. The summed E-state index contributed by atoms with van der Waals surface area (Å²) in [6.07, 6.45) is -4.07. The van der Waals surface area contributed by atoms with Crippen LogP contribution in [0.15, 0.2) is 24.3 Å². The van der Waals surface area contributed by atoms with E-state index in [1.807, 2.05) is 13.8 Å². The lowest BCUT2D eigenvalue weighted by atomic mass is 10.0. The number of rotatable bonds is 7. The van der Waals surface area contributed by atoms with Gasteiger partial charge in [0.05, 0.1) is 12.1 Å². The molecule has 0 bridgehead atoms. The van der Waals surface area contributed by atoms with Crippen LogP contribution in [0.25, 0.3) is 0 Å². The number of alkyl halides is 3. The van der Waals surface area contributed by atoms with Crippen LogP contribution >= 0.6 is 0 Å². The van der Waals surface area contributed by atoms with Gasteiger partial charge < -0.3 is 15.7 Å². The summed E-state index contributed by atoms with van der Waals surface area (Å²) < 4.78 is 37.4. The monoisotopic (exact) mass is 346 g/mol. The maximum absolute atomic E-state index is 12.5. The summed E-state index contributed by atoms with van der Waals surface area (Å²) in [5.74, 6) is -0.948. The number of aliphatic hydroxyl groups is 1. The highest BCUT2D eigenvalue weighted by Crippen LogP contribution is 2.29. The summed E-state index contributed by atoms with van der Waals surface area (Å²) in [4.78, 5) is 23.6. The van der Waals surface area contributed by atoms with E-state index >= 15 is 0 Å². The number of halogens is 3. The largest absolute Gasteiger partial charge is 0.416 e. The van der Waals surface area contributed by atoms with Crippen molar-refractivity contribution < 1.29 is 27.9 Å². The van der Waals surface area contributed by atoms with Crippen LogP contribution in [0.5, 0.6) is 0 Å². The molecule has 1 unspecified atom stereocenters. The second-order valence-electron chi connectivity index (χ2n) is 5.69. The minimum absolute atomic E-state index is 0.0339. The molecule has 3 N–H and O–H groups in total. The van der Waals surface area contributed by atoms with E-state index in [2.05, 4.69) is 10.6 Å². The zero-order chi connectivity index (χ0) is 18.3. The van der Waals surface area contributed by atoms with Crippen molar-refractivity contribution in [2.24, 2.45) is 5.92 Å². The molecule has 1 aromatic rings. The van der Waals surface area contributed by atoms with Crippen LogP contribution in [-0.4, -0.2) is 36.1 Å². The Bertz CT molecular complexity index is 557. The Morgan fingerprint density at radius 1 is 1.17 bits per heavy atom. The van der Waals surface area contributed by atoms with Gasteiger partial charge in [-0.25, -0.2) is 0 Å². The second kappa shape index (κ2) is 8.68. The Labute approximate surface area is 138 Å². The fourth-order valence-corrected chi connectivity index (χ4v) is 2.04. The Morgan fingerprint density at radius 2 is 1.75 bits per heavy atom. The smallest absolute Gasteiger partial charge is 0.396 e. The number of hydrogen-bond donors (Lipinski definition) is 3. The lowest BCUT2D eigenvalue weighted by Crippen LogP contribution is -2.44. The van der Waals surface area contributed by atoms with Crippen molar-refractivity contribution in [2.45, 2.75) is 32.5 Å². The molecular formula is C16H21F3N2O3. The van der Waals surface area contributed by atoms with E-state index in [0.29, 0.717) is 6.42 Å². The predicted octanol–water partition coefficient (Wildman–Crippen LogP) is 1.96. The molecule has 0 saturated heterocycles. The Hall–Kier alpha value is -2.09. The standard InChI is InChI=1S/C16H21F3N2O3/c1-10(2)13(7-8-22)21-14(23)9-20-15(24)11-3-5-12(6-4-11)16(17,18)19/h3-6,10,13,22H,7-9H2,1-2H3,(H,20,24)(H,21,23). The summed E-state index contributed by atoms with van der Waals surface area (Å²) in [5, 5.41) is 14.0. The van der Waals surface area contributed by atoms with Gasteiger partial charge in [0.1, 0.15) is 0 Å². The van der Waals surface area contributed by atoms with Crippen molar-refractivity contribution in [3.63, 3.8) is 0 Å². The van der Waals surface area contributed by atoms with Crippen LogP contribution in [0.3, 0.4) is 0 Å². The summed E-state index contributed by atoms with van der Waals surface area (Å²) in [5.41, 5.74) is -0.813. The molecule has 0 aromatic heterocycles. The van der Waals surface area contributed by atoms with E-state index < -0.39 is 23.6 Å². The highest BCUT2D eigenvalue weighted by Gasteiger charge is 2.30. The first kappa shape index (κ1) is 20.0. The van der Waals surface area contributed by atoms with Crippen LogP contribution in [-0.2, 0) is 11.0 Å². The molecule has 0 heterocycles. The maximum Gasteiger partial charge on any atom is 0.416 e. The summed E-state index contributed by atoms with van der Waals surface area (Å²) >= 11 is 0. The maximum atomic E-state index is 12.5. The number of amides is 2. The van der Waals surface area contributed by atoms with Gasteiger partial charge in [0.25, 0.3) is 5.91 Å².